The number of aromatic nitrogens is 1. The molecule has 0 unspecified atom stereocenters. The zero-order chi connectivity index (χ0) is 21.0. The first-order chi connectivity index (χ1) is 13.7. The van der Waals surface area contributed by atoms with Crippen LogP contribution in [0.2, 0.25) is 15.1 Å². The number of amides is 1. The van der Waals surface area contributed by atoms with Gasteiger partial charge < -0.3 is 5.32 Å². The number of halogens is 3. The predicted octanol–water partition coefficient (Wildman–Crippen LogP) is 4.69. The lowest BCUT2D eigenvalue weighted by atomic mass is 9.97. The lowest BCUT2D eigenvalue weighted by Crippen LogP contribution is -2.40. The zero-order valence-electron chi connectivity index (χ0n) is 15.2. The fourth-order valence-electron chi connectivity index (χ4n) is 2.92. The maximum absolute atomic E-state index is 12.6. The Morgan fingerprint density at radius 3 is 2.45 bits per heavy atom. The maximum atomic E-state index is 12.6. The smallest absolute Gasteiger partial charge is 0.236 e. The van der Waals surface area contributed by atoms with E-state index in [0.29, 0.717) is 39.3 Å². The molecule has 0 radical (unpaired) electrons. The summed E-state index contributed by atoms with van der Waals surface area (Å²) in [6.07, 6.45) is 3.79. The number of hydrogen-bond acceptors (Lipinski definition) is 4. The molecule has 1 amide bonds. The molecule has 29 heavy (non-hydrogen) atoms. The van der Waals surface area contributed by atoms with Gasteiger partial charge in [0.2, 0.25) is 15.9 Å². The van der Waals surface area contributed by atoms with Gasteiger partial charge in [0.05, 0.1) is 15.1 Å². The minimum atomic E-state index is -3.60. The standard InChI is InChI=1S/C19H18Cl3N3O3S/c20-15-2-4-18(23-12-15)24-19(26)14-5-8-25(9-6-14)29(27,28)10-7-13-1-3-16(21)17(22)11-13/h1-4,7,10-12,14H,5-6,8-9H2,(H,23,24,26)/b10-7+. The van der Waals surface area contributed by atoms with E-state index in [2.05, 4.69) is 10.3 Å². The summed E-state index contributed by atoms with van der Waals surface area (Å²) in [4.78, 5) is 16.4. The van der Waals surface area contributed by atoms with Crippen molar-refractivity contribution in [2.75, 3.05) is 18.4 Å². The average molecular weight is 475 g/mol. The van der Waals surface area contributed by atoms with Crippen molar-refractivity contribution in [2.45, 2.75) is 12.8 Å². The number of pyridine rings is 1. The van der Waals surface area contributed by atoms with Crippen LogP contribution in [0.25, 0.3) is 6.08 Å². The summed E-state index contributed by atoms with van der Waals surface area (Å²) < 4.78 is 26.5. The number of carbonyl (C=O) groups excluding carboxylic acids is 1. The van der Waals surface area contributed by atoms with Crippen molar-refractivity contribution in [3.8, 4) is 0 Å². The van der Waals surface area contributed by atoms with Crippen molar-refractivity contribution < 1.29 is 13.2 Å². The number of nitrogens with zero attached hydrogens (tertiary/aromatic N) is 2. The number of nitrogens with one attached hydrogen (secondary N) is 1. The number of hydrogen-bond donors (Lipinski definition) is 1. The van der Waals surface area contributed by atoms with Gasteiger partial charge in [-0.05, 0) is 48.7 Å². The van der Waals surface area contributed by atoms with Crippen LogP contribution in [0, 0.1) is 5.92 Å². The van der Waals surface area contributed by atoms with E-state index >= 15 is 0 Å². The Morgan fingerprint density at radius 2 is 1.83 bits per heavy atom. The molecule has 1 aliphatic heterocycles. The second-order valence-corrected chi connectivity index (χ2v) is 9.61. The Hall–Kier alpha value is -1.64. The molecule has 1 aromatic carbocycles. The second kappa shape index (κ2) is 9.45. The molecule has 0 atom stereocenters. The minimum Gasteiger partial charge on any atom is -0.310 e. The van der Waals surface area contributed by atoms with Crippen LogP contribution < -0.4 is 5.32 Å². The molecule has 3 rings (SSSR count). The van der Waals surface area contributed by atoms with Gasteiger partial charge in [0.1, 0.15) is 5.82 Å². The van der Waals surface area contributed by atoms with Crippen LogP contribution in [0.1, 0.15) is 18.4 Å². The highest BCUT2D eigenvalue weighted by Crippen LogP contribution is 2.25. The summed E-state index contributed by atoms with van der Waals surface area (Å²) in [6.45, 7) is 0.528. The van der Waals surface area contributed by atoms with Crippen LogP contribution in [-0.4, -0.2) is 36.7 Å². The maximum Gasteiger partial charge on any atom is 0.236 e. The van der Waals surface area contributed by atoms with Crippen LogP contribution in [-0.2, 0) is 14.8 Å². The van der Waals surface area contributed by atoms with Crippen LogP contribution in [0.4, 0.5) is 5.82 Å². The quantitative estimate of drug-likeness (QED) is 0.681. The molecule has 1 aliphatic rings. The fraction of sp³-hybridized carbons (Fsp3) is 0.263. The minimum absolute atomic E-state index is 0.178. The molecule has 0 saturated carbocycles. The van der Waals surface area contributed by atoms with Crippen molar-refractivity contribution >= 4 is 62.6 Å². The Morgan fingerprint density at radius 1 is 1.10 bits per heavy atom. The SMILES string of the molecule is O=C(Nc1ccc(Cl)cn1)C1CCN(S(=O)(=O)/C=C/c2ccc(Cl)c(Cl)c2)CC1. The number of benzene rings is 1. The first-order valence-corrected chi connectivity index (χ1v) is 11.4. The highest BCUT2D eigenvalue weighted by Gasteiger charge is 2.30. The summed E-state index contributed by atoms with van der Waals surface area (Å²) in [7, 11) is -3.60. The van der Waals surface area contributed by atoms with Gasteiger partial charge in [0, 0.05) is 30.6 Å². The number of piperidine rings is 1. The number of anilines is 1. The molecule has 2 aromatic rings. The Kier molecular flexibility index (Phi) is 7.19. The van der Waals surface area contributed by atoms with E-state index in [9.17, 15) is 13.2 Å². The summed E-state index contributed by atoms with van der Waals surface area (Å²) in [5.74, 6) is -0.0415. The van der Waals surface area contributed by atoms with E-state index in [0.717, 1.165) is 5.41 Å². The van der Waals surface area contributed by atoms with Gasteiger partial charge in [-0.2, -0.15) is 4.31 Å². The zero-order valence-corrected chi connectivity index (χ0v) is 18.3. The monoisotopic (exact) mass is 473 g/mol. The molecule has 0 bridgehead atoms. The Labute approximate surface area is 184 Å². The van der Waals surface area contributed by atoms with E-state index in [1.165, 1.54) is 16.6 Å². The second-order valence-electron chi connectivity index (χ2n) is 6.55. The molecule has 1 saturated heterocycles. The van der Waals surface area contributed by atoms with Crippen molar-refractivity contribution in [1.29, 1.82) is 0 Å². The molecule has 1 N–H and O–H groups in total. The van der Waals surface area contributed by atoms with E-state index in [4.69, 9.17) is 34.8 Å². The first-order valence-electron chi connectivity index (χ1n) is 8.80. The van der Waals surface area contributed by atoms with Gasteiger partial charge in [0.15, 0.2) is 0 Å². The normalized spacial score (nSPS) is 16.2. The highest BCUT2D eigenvalue weighted by molar-refractivity contribution is 7.92. The van der Waals surface area contributed by atoms with E-state index < -0.39 is 10.0 Å². The molecule has 0 spiro atoms. The third-order valence-corrected chi connectivity index (χ3v) is 7.07. The van der Waals surface area contributed by atoms with E-state index in [1.54, 1.807) is 30.3 Å². The summed E-state index contributed by atoms with van der Waals surface area (Å²) in [6, 6.07) is 8.14. The van der Waals surface area contributed by atoms with Gasteiger partial charge in [-0.1, -0.05) is 40.9 Å². The van der Waals surface area contributed by atoms with Crippen molar-refractivity contribution in [3.63, 3.8) is 0 Å². The average Bonchev–Trinajstić information content (AvgIpc) is 2.71. The summed E-state index contributed by atoms with van der Waals surface area (Å²) in [5, 5.41) is 5.12. The largest absolute Gasteiger partial charge is 0.310 e. The lowest BCUT2D eigenvalue weighted by Gasteiger charge is -2.29. The van der Waals surface area contributed by atoms with E-state index in [1.807, 2.05) is 0 Å². The van der Waals surface area contributed by atoms with Gasteiger partial charge in [0.25, 0.3) is 0 Å². The van der Waals surface area contributed by atoms with Crippen LogP contribution in [0.5, 0.6) is 0 Å². The molecule has 0 aliphatic carbocycles. The van der Waals surface area contributed by atoms with Gasteiger partial charge in [-0.3, -0.25) is 4.79 Å². The molecule has 6 nitrogen and oxygen atoms in total. The molecular weight excluding hydrogens is 457 g/mol. The number of carbonyl (C=O) groups is 1. The van der Waals surface area contributed by atoms with Crippen molar-refractivity contribution in [1.82, 2.24) is 9.29 Å². The molecule has 2 heterocycles. The van der Waals surface area contributed by atoms with Gasteiger partial charge >= 0.3 is 0 Å². The molecule has 1 fully saturated rings. The topological polar surface area (TPSA) is 79.4 Å². The van der Waals surface area contributed by atoms with Gasteiger partial charge in [-0.15, -0.1) is 0 Å². The first kappa shape index (κ1) is 22.1. The third-order valence-electron chi connectivity index (χ3n) is 4.54. The van der Waals surface area contributed by atoms with E-state index in [-0.39, 0.29) is 24.9 Å². The molecular formula is C19H18Cl3N3O3S. The molecule has 10 heteroatoms. The van der Waals surface area contributed by atoms with Crippen LogP contribution >= 0.6 is 34.8 Å². The third kappa shape index (κ3) is 5.93. The fourth-order valence-corrected chi connectivity index (χ4v) is 4.56. The van der Waals surface area contributed by atoms with Gasteiger partial charge in [-0.25, -0.2) is 13.4 Å². The highest BCUT2D eigenvalue weighted by atomic mass is 35.5. The Bertz CT molecular complexity index is 1020. The molecule has 1 aromatic heterocycles. The van der Waals surface area contributed by atoms with Crippen molar-refractivity contribution in [3.05, 3.63) is 62.6 Å². The lowest BCUT2D eigenvalue weighted by molar-refractivity contribution is -0.120. The van der Waals surface area contributed by atoms with Crippen LogP contribution in [0.3, 0.4) is 0 Å². The predicted molar refractivity (Wildman–Crippen MR) is 117 cm³/mol. The summed E-state index contributed by atoms with van der Waals surface area (Å²) in [5.41, 5.74) is 0.632. The summed E-state index contributed by atoms with van der Waals surface area (Å²) >= 11 is 17.6. The number of rotatable bonds is 5. The number of sulfonamides is 1. The molecule has 154 valence electrons. The van der Waals surface area contributed by atoms with Crippen LogP contribution in [0.15, 0.2) is 41.9 Å². The van der Waals surface area contributed by atoms with Crippen molar-refractivity contribution in [2.24, 2.45) is 5.92 Å². The Balaban J connectivity index is 1.57.